The highest BCUT2D eigenvalue weighted by atomic mass is 16.2. The Morgan fingerprint density at radius 1 is 0.837 bits per heavy atom. The summed E-state index contributed by atoms with van der Waals surface area (Å²) in [5.41, 5.74) is 0.270. The standard InChI is InChI=1S/C41H61NO7/c1-9-11-16-30(39(48)36(45)21-20-31(43)25-33(38(47)27(3)4)29-17-13-12-14-18-29)24-37(46)35-19-15-22-42(35)40(49)34(41(6,7)8)26-32(44)23-28(5)10-2/h12-14,17-18,27-28,30,33-35H,9-11,15-16,19-26H2,1-8H3/t28?,30?,33-,34+,35-/m0/s1. The summed E-state index contributed by atoms with van der Waals surface area (Å²) in [7, 11) is 0. The minimum atomic E-state index is -0.817. The molecular weight excluding hydrogens is 618 g/mol. The predicted molar refractivity (Wildman–Crippen MR) is 192 cm³/mol. The average molecular weight is 680 g/mol. The first-order chi connectivity index (χ1) is 23.0. The summed E-state index contributed by atoms with van der Waals surface area (Å²) in [6.45, 7) is 15.9. The van der Waals surface area contributed by atoms with Crippen molar-refractivity contribution in [2.75, 3.05) is 6.54 Å². The van der Waals surface area contributed by atoms with Crippen LogP contribution in [-0.4, -0.2) is 58.1 Å². The van der Waals surface area contributed by atoms with E-state index >= 15 is 0 Å². The van der Waals surface area contributed by atoms with Crippen molar-refractivity contribution < 1.29 is 33.6 Å². The molecule has 1 aromatic rings. The van der Waals surface area contributed by atoms with Crippen LogP contribution in [-0.2, 0) is 33.6 Å². The summed E-state index contributed by atoms with van der Waals surface area (Å²) in [5, 5.41) is 0. The minimum absolute atomic E-state index is 0.0371. The molecule has 1 amide bonds. The van der Waals surface area contributed by atoms with E-state index in [4.69, 9.17) is 0 Å². The number of rotatable bonds is 22. The fourth-order valence-electron chi connectivity index (χ4n) is 6.73. The van der Waals surface area contributed by atoms with Gasteiger partial charge in [0, 0.05) is 68.7 Å². The van der Waals surface area contributed by atoms with E-state index in [1.54, 1.807) is 18.7 Å². The van der Waals surface area contributed by atoms with Crippen LogP contribution in [0.3, 0.4) is 0 Å². The highest BCUT2D eigenvalue weighted by Crippen LogP contribution is 2.35. The van der Waals surface area contributed by atoms with Crippen molar-refractivity contribution in [3.05, 3.63) is 35.9 Å². The maximum absolute atomic E-state index is 13.9. The van der Waals surface area contributed by atoms with Crippen LogP contribution in [0.5, 0.6) is 0 Å². The van der Waals surface area contributed by atoms with Gasteiger partial charge < -0.3 is 4.90 Å². The Morgan fingerprint density at radius 3 is 2.06 bits per heavy atom. The van der Waals surface area contributed by atoms with Crippen LogP contribution >= 0.6 is 0 Å². The maximum atomic E-state index is 13.9. The number of benzene rings is 1. The molecule has 1 aliphatic heterocycles. The van der Waals surface area contributed by atoms with Crippen molar-refractivity contribution in [3.63, 3.8) is 0 Å². The fraction of sp³-hybridized carbons (Fsp3) is 0.683. The Labute approximate surface area is 294 Å². The van der Waals surface area contributed by atoms with Crippen LogP contribution in [0.15, 0.2) is 30.3 Å². The van der Waals surface area contributed by atoms with Gasteiger partial charge in [-0.3, -0.25) is 33.6 Å². The second-order valence-corrected chi connectivity index (χ2v) is 15.6. The monoisotopic (exact) mass is 679 g/mol. The number of nitrogens with zero attached hydrogens (tertiary/aromatic N) is 1. The highest BCUT2D eigenvalue weighted by molar-refractivity contribution is 6.38. The van der Waals surface area contributed by atoms with Gasteiger partial charge in [0.1, 0.15) is 17.3 Å². The van der Waals surface area contributed by atoms with Crippen molar-refractivity contribution in [3.8, 4) is 0 Å². The van der Waals surface area contributed by atoms with Crippen LogP contribution in [0.25, 0.3) is 0 Å². The summed E-state index contributed by atoms with van der Waals surface area (Å²) in [6.07, 6.45) is 3.78. The van der Waals surface area contributed by atoms with Crippen molar-refractivity contribution in [1.29, 1.82) is 0 Å². The molecule has 49 heavy (non-hydrogen) atoms. The number of ketones is 6. The molecule has 8 nitrogen and oxygen atoms in total. The molecule has 0 bridgehead atoms. The van der Waals surface area contributed by atoms with E-state index in [0.29, 0.717) is 38.6 Å². The number of amides is 1. The van der Waals surface area contributed by atoms with Crippen LogP contribution < -0.4 is 0 Å². The molecule has 1 heterocycles. The zero-order valence-electron chi connectivity index (χ0n) is 31.3. The SMILES string of the molecule is CCCCC(CC(=O)[C@@H]1CCCN1C(=O)[C@@H](CC(=O)CC(C)CC)C(C)(C)C)C(=O)C(=O)CCC(=O)C[C@H](C(=O)C(C)C)c1ccccc1. The predicted octanol–water partition coefficient (Wildman–Crippen LogP) is 7.69. The Kier molecular flexibility index (Phi) is 16.9. The van der Waals surface area contributed by atoms with E-state index in [2.05, 4.69) is 0 Å². The zero-order valence-corrected chi connectivity index (χ0v) is 31.3. The van der Waals surface area contributed by atoms with Gasteiger partial charge in [-0.05, 0) is 36.2 Å². The van der Waals surface area contributed by atoms with E-state index in [1.165, 1.54) is 0 Å². The molecule has 0 radical (unpaired) electrons. The molecule has 1 fully saturated rings. The minimum Gasteiger partial charge on any atom is -0.332 e. The van der Waals surface area contributed by atoms with E-state index in [1.807, 2.05) is 71.9 Å². The normalized spacial score (nSPS) is 17.3. The van der Waals surface area contributed by atoms with Gasteiger partial charge in [-0.2, -0.15) is 0 Å². The summed E-state index contributed by atoms with van der Waals surface area (Å²) >= 11 is 0. The first kappa shape index (κ1) is 41.9. The lowest BCUT2D eigenvalue weighted by atomic mass is 9.76. The van der Waals surface area contributed by atoms with Crippen molar-refractivity contribution in [1.82, 2.24) is 4.90 Å². The number of unbranched alkanes of at least 4 members (excludes halogenated alkanes) is 1. The summed E-state index contributed by atoms with van der Waals surface area (Å²) in [4.78, 5) is 94.8. The van der Waals surface area contributed by atoms with Gasteiger partial charge in [0.25, 0.3) is 0 Å². The molecule has 0 N–H and O–H groups in total. The lowest BCUT2D eigenvalue weighted by Gasteiger charge is -2.35. The first-order valence-electron chi connectivity index (χ1n) is 18.5. The van der Waals surface area contributed by atoms with Crippen molar-refractivity contribution in [2.45, 2.75) is 144 Å². The van der Waals surface area contributed by atoms with E-state index in [0.717, 1.165) is 18.4 Å². The van der Waals surface area contributed by atoms with Crippen LogP contribution in [0.4, 0.5) is 0 Å². The summed E-state index contributed by atoms with van der Waals surface area (Å²) in [6, 6.07) is 8.43. The molecule has 2 unspecified atom stereocenters. The van der Waals surface area contributed by atoms with Gasteiger partial charge in [-0.15, -0.1) is 0 Å². The van der Waals surface area contributed by atoms with Gasteiger partial charge in [0.2, 0.25) is 11.7 Å². The molecule has 1 aliphatic rings. The number of hydrogen-bond acceptors (Lipinski definition) is 7. The molecular formula is C41H61NO7. The molecule has 0 saturated carbocycles. The Bertz CT molecular complexity index is 1310. The van der Waals surface area contributed by atoms with Gasteiger partial charge in [-0.25, -0.2) is 0 Å². The van der Waals surface area contributed by atoms with Crippen LogP contribution in [0.1, 0.15) is 144 Å². The summed E-state index contributed by atoms with van der Waals surface area (Å²) < 4.78 is 0. The second-order valence-electron chi connectivity index (χ2n) is 15.6. The van der Waals surface area contributed by atoms with Gasteiger partial charge in [-0.1, -0.05) is 105 Å². The lowest BCUT2D eigenvalue weighted by Crippen LogP contribution is -2.47. The highest BCUT2D eigenvalue weighted by Gasteiger charge is 2.42. The third kappa shape index (κ3) is 12.8. The Balaban J connectivity index is 2.12. The van der Waals surface area contributed by atoms with Crippen LogP contribution in [0.2, 0.25) is 0 Å². The molecule has 272 valence electrons. The molecule has 0 spiro atoms. The fourth-order valence-corrected chi connectivity index (χ4v) is 6.73. The Morgan fingerprint density at radius 2 is 1.49 bits per heavy atom. The number of carbonyl (C=O) groups excluding carboxylic acids is 7. The smallest absolute Gasteiger partial charge is 0.227 e. The molecule has 0 aliphatic carbocycles. The zero-order chi connectivity index (χ0) is 36.9. The topological polar surface area (TPSA) is 123 Å². The molecule has 8 heteroatoms. The number of hydrogen-bond donors (Lipinski definition) is 0. The Hall–Kier alpha value is -3.29. The number of likely N-dealkylation sites (tertiary alicyclic amines) is 1. The average Bonchev–Trinajstić information content (AvgIpc) is 3.56. The summed E-state index contributed by atoms with van der Waals surface area (Å²) in [5.74, 6) is -4.04. The molecule has 5 atom stereocenters. The molecule has 0 aromatic heterocycles. The van der Waals surface area contributed by atoms with Crippen molar-refractivity contribution in [2.24, 2.45) is 29.1 Å². The van der Waals surface area contributed by atoms with E-state index in [-0.39, 0.29) is 73.0 Å². The van der Waals surface area contributed by atoms with E-state index in [9.17, 15) is 33.6 Å². The second kappa shape index (κ2) is 19.8. The molecule has 2 rings (SSSR count). The van der Waals surface area contributed by atoms with Crippen LogP contribution in [0, 0.1) is 29.1 Å². The lowest BCUT2D eigenvalue weighted by molar-refractivity contribution is -0.146. The maximum Gasteiger partial charge on any atom is 0.227 e. The molecule has 1 aromatic carbocycles. The number of Topliss-reactive ketones (excluding diaryl/α,β-unsaturated/α-hetero) is 6. The third-order valence-electron chi connectivity index (χ3n) is 10.1. The van der Waals surface area contributed by atoms with Gasteiger partial charge in [0.05, 0.1) is 6.04 Å². The van der Waals surface area contributed by atoms with Gasteiger partial charge in [0.15, 0.2) is 11.6 Å². The van der Waals surface area contributed by atoms with Crippen molar-refractivity contribution >= 4 is 40.6 Å². The van der Waals surface area contributed by atoms with Gasteiger partial charge >= 0.3 is 0 Å². The third-order valence-corrected chi connectivity index (χ3v) is 10.1. The van der Waals surface area contributed by atoms with E-state index < -0.39 is 40.8 Å². The largest absolute Gasteiger partial charge is 0.332 e. The number of carbonyl (C=O) groups is 7. The molecule has 1 saturated heterocycles. The first-order valence-corrected chi connectivity index (χ1v) is 18.5. The quantitative estimate of drug-likeness (QED) is 0.115.